The Hall–Kier alpha value is -1.83. The van der Waals surface area contributed by atoms with Crippen LogP contribution in [0.1, 0.15) is 24.5 Å². The van der Waals surface area contributed by atoms with Crippen LogP contribution in [-0.4, -0.2) is 74.2 Å². The topological polar surface area (TPSA) is 73.9 Å². The van der Waals surface area contributed by atoms with Crippen LogP contribution in [0.25, 0.3) is 0 Å². The van der Waals surface area contributed by atoms with Gasteiger partial charge in [-0.3, -0.25) is 9.69 Å². The number of urea groups is 1. The van der Waals surface area contributed by atoms with Crippen molar-refractivity contribution in [3.63, 3.8) is 0 Å². The predicted molar refractivity (Wildman–Crippen MR) is 104 cm³/mol. The minimum absolute atomic E-state index is 0.0269. The van der Waals surface area contributed by atoms with E-state index in [9.17, 15) is 9.59 Å². The largest absolute Gasteiger partial charge is 0.370 e. The van der Waals surface area contributed by atoms with Gasteiger partial charge in [0.25, 0.3) is 0 Å². The van der Waals surface area contributed by atoms with E-state index >= 15 is 0 Å². The molecular formula is C19H27ClN4O3. The Labute approximate surface area is 165 Å². The minimum Gasteiger partial charge on any atom is -0.370 e. The van der Waals surface area contributed by atoms with Crippen LogP contribution in [0, 0.1) is 0 Å². The molecular weight excluding hydrogens is 368 g/mol. The van der Waals surface area contributed by atoms with Crippen molar-refractivity contribution in [2.75, 3.05) is 46.4 Å². The van der Waals surface area contributed by atoms with E-state index in [1.165, 1.54) is 0 Å². The molecule has 2 aliphatic heterocycles. The van der Waals surface area contributed by atoms with Crippen LogP contribution in [0.5, 0.6) is 0 Å². The number of nitrogens with one attached hydrogen (secondary N) is 2. The van der Waals surface area contributed by atoms with Crippen LogP contribution in [0.15, 0.2) is 24.3 Å². The summed E-state index contributed by atoms with van der Waals surface area (Å²) in [5.41, 5.74) is 1.03. The molecule has 0 aliphatic carbocycles. The van der Waals surface area contributed by atoms with E-state index in [0.29, 0.717) is 31.3 Å². The number of morpholine rings is 1. The molecule has 3 rings (SSSR count). The van der Waals surface area contributed by atoms with Crippen LogP contribution in [0.3, 0.4) is 0 Å². The molecule has 27 heavy (non-hydrogen) atoms. The standard InChI is InChI=1S/C19H27ClN4O3/c1-21-18(25)13-23-8-6-16(7-9-23)22-19(26)24-10-11-27-17(12-24)14-2-4-15(20)5-3-14/h2-5,16-17H,6-13H2,1H3,(H,21,25)(H,22,26). The number of nitrogens with zero attached hydrogens (tertiary/aromatic N) is 2. The van der Waals surface area contributed by atoms with E-state index in [1.54, 1.807) is 7.05 Å². The zero-order valence-electron chi connectivity index (χ0n) is 15.6. The minimum atomic E-state index is -0.129. The van der Waals surface area contributed by atoms with E-state index in [1.807, 2.05) is 29.2 Å². The molecule has 0 aromatic heterocycles. The summed E-state index contributed by atoms with van der Waals surface area (Å²) in [7, 11) is 1.65. The SMILES string of the molecule is CNC(=O)CN1CCC(NC(=O)N2CCOC(c3ccc(Cl)cc3)C2)CC1. The highest BCUT2D eigenvalue weighted by Gasteiger charge is 2.28. The quantitative estimate of drug-likeness (QED) is 0.814. The van der Waals surface area contributed by atoms with Gasteiger partial charge in [-0.15, -0.1) is 0 Å². The van der Waals surface area contributed by atoms with Crippen LogP contribution in [0.4, 0.5) is 4.79 Å². The fourth-order valence-electron chi connectivity index (χ4n) is 3.50. The van der Waals surface area contributed by atoms with E-state index < -0.39 is 0 Å². The van der Waals surface area contributed by atoms with Crippen LogP contribution in [0.2, 0.25) is 5.02 Å². The number of piperidine rings is 1. The summed E-state index contributed by atoms with van der Waals surface area (Å²) in [6.07, 6.45) is 1.58. The Morgan fingerprint density at radius 3 is 2.56 bits per heavy atom. The van der Waals surface area contributed by atoms with Gasteiger partial charge in [0.05, 0.1) is 19.7 Å². The Bertz CT molecular complexity index is 647. The number of hydrogen-bond acceptors (Lipinski definition) is 4. The van der Waals surface area contributed by atoms with Crippen molar-refractivity contribution < 1.29 is 14.3 Å². The number of likely N-dealkylation sites (tertiary alicyclic amines) is 1. The number of benzene rings is 1. The molecule has 2 heterocycles. The summed E-state index contributed by atoms with van der Waals surface area (Å²) in [6.45, 7) is 3.69. The Morgan fingerprint density at radius 2 is 1.89 bits per heavy atom. The van der Waals surface area contributed by atoms with Crippen molar-refractivity contribution in [2.45, 2.75) is 25.0 Å². The Morgan fingerprint density at radius 1 is 1.19 bits per heavy atom. The summed E-state index contributed by atoms with van der Waals surface area (Å²) in [4.78, 5) is 28.1. The van der Waals surface area contributed by atoms with Crippen molar-refractivity contribution in [3.8, 4) is 0 Å². The second-order valence-corrected chi connectivity index (χ2v) is 7.47. The van der Waals surface area contributed by atoms with Crippen LogP contribution >= 0.6 is 11.6 Å². The fourth-order valence-corrected chi connectivity index (χ4v) is 3.62. The second-order valence-electron chi connectivity index (χ2n) is 7.03. The molecule has 0 radical (unpaired) electrons. The van der Waals surface area contributed by atoms with Gasteiger partial charge in [0.2, 0.25) is 5.91 Å². The Kier molecular flexibility index (Phi) is 6.93. The molecule has 0 bridgehead atoms. The summed E-state index contributed by atoms with van der Waals surface area (Å²) in [5, 5.41) is 6.47. The van der Waals surface area contributed by atoms with Gasteiger partial charge < -0.3 is 20.3 Å². The number of likely N-dealkylation sites (N-methyl/N-ethyl adjacent to an activating group) is 1. The van der Waals surface area contributed by atoms with Crippen molar-refractivity contribution >= 4 is 23.5 Å². The average molecular weight is 395 g/mol. The molecule has 8 heteroatoms. The Balaban J connectivity index is 1.47. The lowest BCUT2D eigenvalue weighted by molar-refractivity contribution is -0.122. The number of hydrogen-bond donors (Lipinski definition) is 2. The molecule has 1 aromatic carbocycles. The maximum atomic E-state index is 12.7. The van der Waals surface area contributed by atoms with Crippen molar-refractivity contribution in [2.24, 2.45) is 0 Å². The first-order valence-corrected chi connectivity index (χ1v) is 9.78. The third-order valence-electron chi connectivity index (χ3n) is 5.16. The summed E-state index contributed by atoms with van der Waals surface area (Å²) >= 11 is 5.94. The van der Waals surface area contributed by atoms with E-state index in [0.717, 1.165) is 31.5 Å². The van der Waals surface area contributed by atoms with Gasteiger partial charge in [0.15, 0.2) is 0 Å². The molecule has 2 N–H and O–H groups in total. The van der Waals surface area contributed by atoms with Gasteiger partial charge in [0.1, 0.15) is 6.10 Å². The molecule has 2 fully saturated rings. The molecule has 3 amide bonds. The van der Waals surface area contributed by atoms with Crippen LogP contribution in [-0.2, 0) is 9.53 Å². The van der Waals surface area contributed by atoms with Crippen LogP contribution < -0.4 is 10.6 Å². The maximum Gasteiger partial charge on any atom is 0.317 e. The molecule has 1 atom stereocenters. The molecule has 2 saturated heterocycles. The van der Waals surface area contributed by atoms with Gasteiger partial charge in [-0.25, -0.2) is 4.79 Å². The first kappa shape index (κ1) is 19.9. The molecule has 0 spiro atoms. The molecule has 2 aliphatic rings. The van der Waals surface area contributed by atoms with Gasteiger partial charge >= 0.3 is 6.03 Å². The van der Waals surface area contributed by atoms with E-state index in [2.05, 4.69) is 15.5 Å². The lowest BCUT2D eigenvalue weighted by atomic mass is 10.1. The second kappa shape index (κ2) is 9.39. The first-order valence-electron chi connectivity index (χ1n) is 9.40. The average Bonchev–Trinajstić information content (AvgIpc) is 2.70. The van der Waals surface area contributed by atoms with E-state index in [4.69, 9.17) is 16.3 Å². The van der Waals surface area contributed by atoms with Crippen molar-refractivity contribution in [1.29, 1.82) is 0 Å². The van der Waals surface area contributed by atoms with E-state index in [-0.39, 0.29) is 24.1 Å². The van der Waals surface area contributed by atoms with Gasteiger partial charge in [-0.1, -0.05) is 23.7 Å². The molecule has 148 valence electrons. The lowest BCUT2D eigenvalue weighted by Crippen LogP contribution is -2.52. The summed E-state index contributed by atoms with van der Waals surface area (Å²) < 4.78 is 5.83. The van der Waals surface area contributed by atoms with Gasteiger partial charge in [-0.2, -0.15) is 0 Å². The summed E-state index contributed by atoms with van der Waals surface area (Å²) in [6, 6.07) is 7.67. The first-order chi connectivity index (χ1) is 13.0. The number of rotatable bonds is 4. The number of ether oxygens (including phenoxy) is 1. The third-order valence-corrected chi connectivity index (χ3v) is 5.41. The zero-order chi connectivity index (χ0) is 19.2. The molecule has 0 saturated carbocycles. The molecule has 1 unspecified atom stereocenters. The summed E-state index contributed by atoms with van der Waals surface area (Å²) in [5.74, 6) is 0.0269. The van der Waals surface area contributed by atoms with Crippen molar-refractivity contribution in [1.82, 2.24) is 20.4 Å². The number of carbonyl (C=O) groups excluding carboxylic acids is 2. The fraction of sp³-hybridized carbons (Fsp3) is 0.579. The predicted octanol–water partition coefficient (Wildman–Crippen LogP) is 1.63. The normalized spacial score (nSPS) is 21.7. The molecule has 7 nitrogen and oxygen atoms in total. The zero-order valence-corrected chi connectivity index (χ0v) is 16.4. The highest BCUT2D eigenvalue weighted by atomic mass is 35.5. The maximum absolute atomic E-state index is 12.7. The lowest BCUT2D eigenvalue weighted by Gasteiger charge is -2.36. The number of amides is 3. The smallest absolute Gasteiger partial charge is 0.317 e. The third kappa shape index (κ3) is 5.57. The van der Waals surface area contributed by atoms with Gasteiger partial charge in [-0.05, 0) is 30.5 Å². The number of carbonyl (C=O) groups is 2. The molecule has 1 aromatic rings. The number of halogens is 1. The van der Waals surface area contributed by atoms with Gasteiger partial charge in [0, 0.05) is 37.7 Å². The highest BCUT2D eigenvalue weighted by molar-refractivity contribution is 6.30. The highest BCUT2D eigenvalue weighted by Crippen LogP contribution is 2.24. The monoisotopic (exact) mass is 394 g/mol. The van der Waals surface area contributed by atoms with Crippen molar-refractivity contribution in [3.05, 3.63) is 34.9 Å².